The number of carbonyl (C=O) groups is 2. The fourth-order valence-corrected chi connectivity index (χ4v) is 6.70. The van der Waals surface area contributed by atoms with Gasteiger partial charge >= 0.3 is 5.97 Å². The molecule has 1 amide bonds. The van der Waals surface area contributed by atoms with Crippen LogP contribution in [0.15, 0.2) is 36.4 Å². The molecule has 0 saturated heterocycles. The summed E-state index contributed by atoms with van der Waals surface area (Å²) in [6.07, 6.45) is 10.0. The Kier molecular flexibility index (Phi) is 13.8. The second-order valence-corrected chi connectivity index (χ2v) is 12.9. The van der Waals surface area contributed by atoms with Gasteiger partial charge in [-0.2, -0.15) is 23.5 Å². The quantitative estimate of drug-likeness (QED) is 0.218. The first-order valence-corrected chi connectivity index (χ1v) is 17.0. The summed E-state index contributed by atoms with van der Waals surface area (Å²) in [7, 11) is 1.31. The summed E-state index contributed by atoms with van der Waals surface area (Å²) in [4.78, 5) is 25.9. The van der Waals surface area contributed by atoms with Crippen molar-refractivity contribution in [3.63, 3.8) is 0 Å². The summed E-state index contributed by atoms with van der Waals surface area (Å²) < 4.78 is 20.5. The lowest BCUT2D eigenvalue weighted by Crippen LogP contribution is -2.42. The van der Waals surface area contributed by atoms with Gasteiger partial charge in [0, 0.05) is 23.9 Å². The number of benzene rings is 2. The molecule has 5 nitrogen and oxygen atoms in total. The van der Waals surface area contributed by atoms with Crippen LogP contribution in [0.25, 0.3) is 11.1 Å². The van der Waals surface area contributed by atoms with Gasteiger partial charge in [0.15, 0.2) is 0 Å². The molecule has 0 unspecified atom stereocenters. The maximum atomic E-state index is 15.6. The van der Waals surface area contributed by atoms with E-state index in [0.29, 0.717) is 35.9 Å². The number of hydrogen-bond donors (Lipinski definition) is 2. The first-order chi connectivity index (χ1) is 19.4. The van der Waals surface area contributed by atoms with E-state index in [2.05, 4.69) is 17.6 Å². The van der Waals surface area contributed by atoms with Crippen molar-refractivity contribution in [2.75, 3.05) is 30.6 Å². The summed E-state index contributed by atoms with van der Waals surface area (Å²) in [5.74, 6) is 2.07. The van der Waals surface area contributed by atoms with Gasteiger partial charge in [0.1, 0.15) is 11.9 Å². The van der Waals surface area contributed by atoms with Crippen LogP contribution in [-0.4, -0.2) is 54.6 Å². The Bertz CT molecular complexity index is 1110. The second-order valence-electron chi connectivity index (χ2n) is 10.6. The van der Waals surface area contributed by atoms with Crippen molar-refractivity contribution in [3.8, 4) is 11.1 Å². The number of esters is 1. The Balaban J connectivity index is 1.89. The number of carbonyl (C=O) groups excluding carboxylic acids is 2. The van der Waals surface area contributed by atoms with E-state index in [-0.39, 0.29) is 5.56 Å². The molecule has 8 heteroatoms. The molecule has 2 N–H and O–H groups in total. The molecule has 220 valence electrons. The topological polar surface area (TPSA) is 67.4 Å². The highest BCUT2D eigenvalue weighted by atomic mass is 32.2. The minimum Gasteiger partial charge on any atom is -0.467 e. The number of methoxy groups -OCH3 is 1. The predicted octanol–water partition coefficient (Wildman–Crippen LogP) is 7.01. The fourth-order valence-electron chi connectivity index (χ4n) is 5.45. The average molecular weight is 589 g/mol. The van der Waals surface area contributed by atoms with Crippen LogP contribution in [0.2, 0.25) is 0 Å². The van der Waals surface area contributed by atoms with Crippen LogP contribution in [0, 0.1) is 18.7 Å². The highest BCUT2D eigenvalue weighted by Gasteiger charge is 2.25. The molecule has 2 aromatic rings. The number of hydrogen-bond acceptors (Lipinski definition) is 6. The molecule has 0 radical (unpaired) electrons. The summed E-state index contributed by atoms with van der Waals surface area (Å²) >= 11 is 3.50. The van der Waals surface area contributed by atoms with Crippen LogP contribution in [0.3, 0.4) is 0 Å². The third-order valence-electron chi connectivity index (χ3n) is 7.72. The zero-order chi connectivity index (χ0) is 28.9. The second kappa shape index (κ2) is 17.0. The molecule has 2 aromatic carbocycles. The highest BCUT2D eigenvalue weighted by Crippen LogP contribution is 2.31. The molecular weight excluding hydrogens is 543 g/mol. The van der Waals surface area contributed by atoms with Crippen LogP contribution in [-0.2, 0) is 16.1 Å². The van der Waals surface area contributed by atoms with E-state index in [1.807, 2.05) is 49.2 Å². The van der Waals surface area contributed by atoms with Gasteiger partial charge in [-0.05, 0) is 72.3 Å². The average Bonchev–Trinajstić information content (AvgIpc) is 2.97. The van der Waals surface area contributed by atoms with E-state index in [1.54, 1.807) is 17.8 Å². The van der Waals surface area contributed by atoms with Gasteiger partial charge in [-0.1, -0.05) is 63.3 Å². The Labute approximate surface area is 248 Å². The van der Waals surface area contributed by atoms with E-state index in [0.717, 1.165) is 35.0 Å². The molecule has 40 heavy (non-hydrogen) atoms. The summed E-state index contributed by atoms with van der Waals surface area (Å²) in [6.45, 7) is 4.55. The van der Waals surface area contributed by atoms with Crippen molar-refractivity contribution in [2.24, 2.45) is 5.92 Å². The monoisotopic (exact) mass is 588 g/mol. The minimum atomic E-state index is -0.796. The minimum absolute atomic E-state index is 0.217. The van der Waals surface area contributed by atoms with Crippen molar-refractivity contribution in [1.29, 1.82) is 0 Å². The maximum Gasteiger partial charge on any atom is 0.328 e. The smallest absolute Gasteiger partial charge is 0.328 e. The van der Waals surface area contributed by atoms with Gasteiger partial charge < -0.3 is 15.4 Å². The maximum absolute atomic E-state index is 15.6. The number of halogens is 1. The molecule has 1 saturated carbocycles. The van der Waals surface area contributed by atoms with Gasteiger partial charge in [0.2, 0.25) is 0 Å². The van der Waals surface area contributed by atoms with Crippen LogP contribution in [0.4, 0.5) is 4.39 Å². The summed E-state index contributed by atoms with van der Waals surface area (Å²) in [6, 6.07) is 10.4. The summed E-state index contributed by atoms with van der Waals surface area (Å²) in [5.41, 5.74) is 3.27. The van der Waals surface area contributed by atoms with Gasteiger partial charge in [0.25, 0.3) is 5.91 Å². The zero-order valence-corrected chi connectivity index (χ0v) is 26.0. The molecule has 0 spiro atoms. The van der Waals surface area contributed by atoms with E-state index in [9.17, 15) is 9.59 Å². The molecule has 0 bridgehead atoms. The number of aryl methyl sites for hydroxylation is 1. The van der Waals surface area contributed by atoms with Gasteiger partial charge in [-0.15, -0.1) is 0 Å². The number of amides is 1. The lowest BCUT2D eigenvalue weighted by atomic mass is 9.85. The zero-order valence-electron chi connectivity index (χ0n) is 24.4. The van der Waals surface area contributed by atoms with Crippen LogP contribution in [0.5, 0.6) is 0 Å². The molecule has 2 atom stereocenters. The predicted molar refractivity (Wildman–Crippen MR) is 168 cm³/mol. The SMILES string of the molecule is CCSC[C@H](CC1CCCCC1)NCc1cc(-c2ccccc2C)c(C(=O)N[C@@H](CCSC)C(=O)OC)cc1F. The number of rotatable bonds is 15. The third-order valence-corrected chi connectivity index (χ3v) is 9.41. The normalized spacial score (nSPS) is 15.4. The van der Waals surface area contributed by atoms with Crippen molar-refractivity contribution in [1.82, 2.24) is 10.6 Å². The van der Waals surface area contributed by atoms with Crippen molar-refractivity contribution < 1.29 is 18.7 Å². The van der Waals surface area contributed by atoms with Gasteiger partial charge in [0.05, 0.1) is 12.7 Å². The van der Waals surface area contributed by atoms with Crippen molar-refractivity contribution in [3.05, 3.63) is 58.9 Å². The lowest BCUT2D eigenvalue weighted by molar-refractivity contribution is -0.142. The Morgan fingerprint density at radius 3 is 2.55 bits per heavy atom. The first-order valence-electron chi connectivity index (χ1n) is 14.4. The molecular formula is C32H45FN2O3S2. The molecule has 0 aliphatic heterocycles. The van der Waals surface area contributed by atoms with Gasteiger partial charge in [-0.25, -0.2) is 9.18 Å². The molecule has 1 aliphatic carbocycles. The standard InChI is InChI=1S/C32H45FN2O3S2/c1-5-40-21-25(17-23-12-7-6-8-13-23)34-20-24-18-27(26-14-10-9-11-22(26)2)28(19-29(24)33)31(36)35-30(15-16-39-4)32(37)38-3/h9-11,14,18-19,23,25,30,34H,5-8,12-13,15-17,20-21H2,1-4H3,(H,35,36)/t25-,30-/m0/s1. The van der Waals surface area contributed by atoms with Crippen LogP contribution >= 0.6 is 23.5 Å². The molecule has 0 heterocycles. The van der Waals surface area contributed by atoms with Crippen molar-refractivity contribution in [2.45, 2.75) is 77.4 Å². The molecule has 1 aliphatic rings. The van der Waals surface area contributed by atoms with Crippen LogP contribution in [0.1, 0.15) is 73.4 Å². The number of thioether (sulfide) groups is 2. The Morgan fingerprint density at radius 2 is 1.88 bits per heavy atom. The highest BCUT2D eigenvalue weighted by molar-refractivity contribution is 7.99. The fraction of sp³-hybridized carbons (Fsp3) is 0.562. The first kappa shape index (κ1) is 32.5. The van der Waals surface area contributed by atoms with E-state index in [4.69, 9.17) is 4.74 Å². The van der Waals surface area contributed by atoms with E-state index in [1.165, 1.54) is 45.3 Å². The number of nitrogens with one attached hydrogen (secondary N) is 2. The van der Waals surface area contributed by atoms with E-state index < -0.39 is 23.7 Å². The summed E-state index contributed by atoms with van der Waals surface area (Å²) in [5, 5.41) is 6.46. The lowest BCUT2D eigenvalue weighted by Gasteiger charge is -2.27. The van der Waals surface area contributed by atoms with E-state index >= 15 is 4.39 Å². The molecule has 3 rings (SSSR count). The van der Waals surface area contributed by atoms with Gasteiger partial charge in [-0.3, -0.25) is 4.79 Å². The Hall–Kier alpha value is -2.03. The van der Waals surface area contributed by atoms with Crippen molar-refractivity contribution >= 4 is 35.4 Å². The van der Waals surface area contributed by atoms with Crippen LogP contribution < -0.4 is 10.6 Å². The molecule has 1 fully saturated rings. The largest absolute Gasteiger partial charge is 0.467 e. The Morgan fingerprint density at radius 1 is 1.12 bits per heavy atom. The number of ether oxygens (including phenoxy) is 1. The third kappa shape index (κ3) is 9.52. The molecule has 0 aromatic heterocycles.